The third-order valence-corrected chi connectivity index (χ3v) is 3.46. The van der Waals surface area contributed by atoms with Crippen molar-refractivity contribution in [3.05, 3.63) is 72.0 Å². The minimum Gasteiger partial charge on any atom is -0.444 e. The molecule has 0 spiro atoms. The van der Waals surface area contributed by atoms with Crippen molar-refractivity contribution < 1.29 is 4.42 Å². The van der Waals surface area contributed by atoms with Crippen LogP contribution in [0.4, 0.5) is 0 Å². The summed E-state index contributed by atoms with van der Waals surface area (Å²) in [5.41, 5.74) is 2.75. The molecule has 1 aliphatic rings. The summed E-state index contributed by atoms with van der Waals surface area (Å²) in [6, 6.07) is 9.87. The lowest BCUT2D eigenvalue weighted by molar-refractivity contribution is 0.542. The first-order valence-corrected chi connectivity index (χ1v) is 6.68. The average Bonchev–Trinajstić information content (AvgIpc) is 2.98. The van der Waals surface area contributed by atoms with Crippen molar-refractivity contribution in [3.63, 3.8) is 0 Å². The number of hydrogen-bond donors (Lipinski definition) is 0. The number of aromatic nitrogens is 1. The lowest BCUT2D eigenvalue weighted by Gasteiger charge is -2.01. The predicted octanol–water partition coefficient (Wildman–Crippen LogP) is 4.17. The molecule has 94 valence electrons. The van der Waals surface area contributed by atoms with Crippen LogP contribution < -0.4 is 0 Å². The number of hydrogen-bond acceptors (Lipinski definition) is 3. The van der Waals surface area contributed by atoms with Crippen LogP contribution in [0.15, 0.2) is 59.2 Å². The first kappa shape index (κ1) is 12.1. The highest BCUT2D eigenvalue weighted by atomic mass is 32.1. The van der Waals surface area contributed by atoms with E-state index in [0.29, 0.717) is 5.89 Å². The Hall–Kier alpha value is -2.00. The highest BCUT2D eigenvalue weighted by Crippen LogP contribution is 2.21. The van der Waals surface area contributed by atoms with E-state index >= 15 is 0 Å². The maximum Gasteiger partial charge on any atom is 0.226 e. The number of benzene rings is 1. The van der Waals surface area contributed by atoms with Gasteiger partial charge in [0.15, 0.2) is 0 Å². The molecule has 1 aromatic heterocycles. The maximum atomic E-state index is 5.53. The van der Waals surface area contributed by atoms with E-state index in [4.69, 9.17) is 16.6 Å². The number of oxazole rings is 1. The molecule has 0 unspecified atom stereocenters. The van der Waals surface area contributed by atoms with Gasteiger partial charge in [0, 0.05) is 5.57 Å². The van der Waals surface area contributed by atoms with Crippen molar-refractivity contribution in [1.82, 2.24) is 4.98 Å². The summed E-state index contributed by atoms with van der Waals surface area (Å²) in [7, 11) is 0. The van der Waals surface area contributed by atoms with E-state index in [1.54, 1.807) is 6.26 Å². The van der Waals surface area contributed by atoms with Gasteiger partial charge in [0.2, 0.25) is 5.89 Å². The second kappa shape index (κ2) is 5.33. The van der Waals surface area contributed by atoms with Crippen molar-refractivity contribution in [2.24, 2.45) is 0 Å². The fraction of sp³-hybridized carbons (Fsp3) is 0.125. The van der Waals surface area contributed by atoms with Crippen molar-refractivity contribution in [3.8, 4) is 0 Å². The molecule has 19 heavy (non-hydrogen) atoms. The molecule has 0 radical (unpaired) electrons. The van der Waals surface area contributed by atoms with E-state index in [0.717, 1.165) is 34.5 Å². The van der Waals surface area contributed by atoms with Crippen molar-refractivity contribution in [2.75, 3.05) is 0 Å². The summed E-state index contributed by atoms with van der Waals surface area (Å²) in [5.74, 6) is 0.643. The number of nitrogens with zero attached hydrogens (tertiary/aromatic N) is 1. The minimum absolute atomic E-state index is 0.643. The molecular formula is C16H13NOS. The summed E-state index contributed by atoms with van der Waals surface area (Å²) < 4.78 is 5.53. The Bertz CT molecular complexity index is 652. The SMILES string of the molecule is S=C(c1ccccc1)c1coc(C2=CCCC=C2)n1. The van der Waals surface area contributed by atoms with Crippen LogP contribution in [0.25, 0.3) is 5.57 Å². The van der Waals surface area contributed by atoms with E-state index in [-0.39, 0.29) is 0 Å². The van der Waals surface area contributed by atoms with Gasteiger partial charge in [0.25, 0.3) is 0 Å². The van der Waals surface area contributed by atoms with Crippen LogP contribution >= 0.6 is 12.2 Å². The Morgan fingerprint density at radius 2 is 2.00 bits per heavy atom. The van der Waals surface area contributed by atoms with Crippen molar-refractivity contribution in [2.45, 2.75) is 12.8 Å². The molecule has 0 fully saturated rings. The zero-order valence-electron chi connectivity index (χ0n) is 10.4. The van der Waals surface area contributed by atoms with Gasteiger partial charge in [-0.3, -0.25) is 0 Å². The Kier molecular flexibility index (Phi) is 3.38. The van der Waals surface area contributed by atoms with Gasteiger partial charge in [-0.2, -0.15) is 0 Å². The predicted molar refractivity (Wildman–Crippen MR) is 80.1 cm³/mol. The smallest absolute Gasteiger partial charge is 0.226 e. The molecule has 0 saturated heterocycles. The van der Waals surface area contributed by atoms with Crippen molar-refractivity contribution in [1.29, 1.82) is 0 Å². The quantitative estimate of drug-likeness (QED) is 0.616. The van der Waals surface area contributed by atoms with Gasteiger partial charge in [0.05, 0.1) is 4.86 Å². The largest absolute Gasteiger partial charge is 0.444 e. The number of thiocarbonyl (C=S) groups is 1. The highest BCUT2D eigenvalue weighted by Gasteiger charge is 2.12. The molecular weight excluding hydrogens is 254 g/mol. The average molecular weight is 267 g/mol. The van der Waals surface area contributed by atoms with Gasteiger partial charge in [-0.25, -0.2) is 4.98 Å². The van der Waals surface area contributed by atoms with Crippen LogP contribution in [0.5, 0.6) is 0 Å². The lowest BCUT2D eigenvalue weighted by Crippen LogP contribution is -2.00. The monoisotopic (exact) mass is 267 g/mol. The van der Waals surface area contributed by atoms with Gasteiger partial charge in [-0.1, -0.05) is 60.8 Å². The van der Waals surface area contributed by atoms with Crippen LogP contribution in [0.3, 0.4) is 0 Å². The number of rotatable bonds is 3. The molecule has 2 aromatic rings. The van der Waals surface area contributed by atoms with E-state index in [1.807, 2.05) is 36.4 Å². The molecule has 1 aromatic carbocycles. The molecule has 0 saturated carbocycles. The van der Waals surface area contributed by atoms with Gasteiger partial charge in [-0.15, -0.1) is 0 Å². The van der Waals surface area contributed by atoms with E-state index < -0.39 is 0 Å². The number of allylic oxidation sites excluding steroid dienone is 4. The minimum atomic E-state index is 0.643. The Labute approximate surface area is 117 Å². The fourth-order valence-electron chi connectivity index (χ4n) is 2.02. The molecule has 2 nitrogen and oxygen atoms in total. The van der Waals surface area contributed by atoms with Crippen LogP contribution in [0.2, 0.25) is 0 Å². The summed E-state index contributed by atoms with van der Waals surface area (Å²) in [6.45, 7) is 0. The molecule has 3 heteroatoms. The van der Waals surface area contributed by atoms with Crippen molar-refractivity contribution >= 4 is 22.7 Å². The molecule has 0 atom stereocenters. The van der Waals surface area contributed by atoms with E-state index in [9.17, 15) is 0 Å². The third kappa shape index (κ3) is 2.56. The zero-order valence-corrected chi connectivity index (χ0v) is 11.2. The second-order valence-electron chi connectivity index (χ2n) is 4.37. The third-order valence-electron chi connectivity index (χ3n) is 3.01. The second-order valence-corrected chi connectivity index (χ2v) is 4.78. The summed E-state index contributed by atoms with van der Waals surface area (Å²) in [6.07, 6.45) is 10.1. The first-order valence-electron chi connectivity index (χ1n) is 6.27. The van der Waals surface area contributed by atoms with Crippen LogP contribution in [0, 0.1) is 0 Å². The lowest BCUT2D eigenvalue weighted by atomic mass is 10.1. The Balaban J connectivity index is 1.88. The van der Waals surface area contributed by atoms with Gasteiger partial charge in [0.1, 0.15) is 12.0 Å². The maximum absolute atomic E-state index is 5.53. The summed E-state index contributed by atoms with van der Waals surface area (Å²) >= 11 is 5.44. The van der Waals surface area contributed by atoms with Gasteiger partial charge < -0.3 is 4.42 Å². The van der Waals surface area contributed by atoms with E-state index in [1.165, 1.54) is 0 Å². The van der Waals surface area contributed by atoms with Crippen LogP contribution in [0.1, 0.15) is 30.0 Å². The Morgan fingerprint density at radius 1 is 1.16 bits per heavy atom. The summed E-state index contributed by atoms with van der Waals surface area (Å²) in [5, 5.41) is 0. The molecule has 0 amide bonds. The highest BCUT2D eigenvalue weighted by molar-refractivity contribution is 7.81. The fourth-order valence-corrected chi connectivity index (χ4v) is 2.25. The molecule has 3 rings (SSSR count). The molecule has 0 bridgehead atoms. The topological polar surface area (TPSA) is 26.0 Å². The van der Waals surface area contributed by atoms with Gasteiger partial charge >= 0.3 is 0 Å². The van der Waals surface area contributed by atoms with E-state index in [2.05, 4.69) is 17.1 Å². The molecule has 1 heterocycles. The first-order chi connectivity index (χ1) is 9.34. The molecule has 0 N–H and O–H groups in total. The standard InChI is InChI=1S/C16H13NOS/c19-15(12-7-3-1-4-8-12)14-11-18-16(17-14)13-9-5-2-6-10-13/h1,3-5,7-11H,2,6H2. The van der Waals surface area contributed by atoms with Crippen LogP contribution in [-0.4, -0.2) is 9.85 Å². The van der Waals surface area contributed by atoms with Crippen LogP contribution in [-0.2, 0) is 0 Å². The molecule has 1 aliphatic carbocycles. The normalized spacial score (nSPS) is 14.2. The van der Waals surface area contributed by atoms with Gasteiger partial charge in [-0.05, 0) is 18.4 Å². The zero-order chi connectivity index (χ0) is 13.1. The summed E-state index contributed by atoms with van der Waals surface area (Å²) in [4.78, 5) is 5.20. The Morgan fingerprint density at radius 3 is 2.74 bits per heavy atom. The molecule has 0 aliphatic heterocycles.